The zero-order valence-corrected chi connectivity index (χ0v) is 15.9. The highest BCUT2D eigenvalue weighted by molar-refractivity contribution is 5.76. The van der Waals surface area contributed by atoms with Crippen LogP contribution in [-0.2, 0) is 11.2 Å². The number of hydrogen-bond acceptors (Lipinski definition) is 3. The van der Waals surface area contributed by atoms with Gasteiger partial charge in [-0.05, 0) is 49.3 Å². The summed E-state index contributed by atoms with van der Waals surface area (Å²) in [5.41, 5.74) is 9.32. The molecule has 0 atom stereocenters. The molecule has 1 aromatic carbocycles. The van der Waals surface area contributed by atoms with E-state index >= 15 is 0 Å². The average molecular weight is 334 g/mol. The quantitative estimate of drug-likeness (QED) is 0.602. The fourth-order valence-corrected chi connectivity index (χ4v) is 2.79. The highest BCUT2D eigenvalue weighted by atomic mass is 16.1. The normalized spacial score (nSPS) is 10.9. The number of nitrogens with one attached hydrogen (secondary N) is 1. The first-order valence-corrected chi connectivity index (χ1v) is 9.37. The molecule has 0 aliphatic heterocycles. The lowest BCUT2D eigenvalue weighted by Gasteiger charge is -2.25. The Bertz CT molecular complexity index is 494. The van der Waals surface area contributed by atoms with E-state index in [0.717, 1.165) is 62.3 Å². The minimum absolute atomic E-state index is 0.122. The van der Waals surface area contributed by atoms with E-state index in [4.69, 9.17) is 5.73 Å². The lowest BCUT2D eigenvalue weighted by Crippen LogP contribution is -2.26. The van der Waals surface area contributed by atoms with Gasteiger partial charge in [0.15, 0.2) is 0 Å². The molecule has 0 unspecified atom stereocenters. The second-order valence-electron chi connectivity index (χ2n) is 6.91. The number of anilines is 2. The first kappa shape index (κ1) is 20.3. The van der Waals surface area contributed by atoms with E-state index in [9.17, 15) is 4.79 Å². The first-order valence-electron chi connectivity index (χ1n) is 9.37. The van der Waals surface area contributed by atoms with Gasteiger partial charge in [-0.15, -0.1) is 0 Å². The molecule has 136 valence electrons. The van der Waals surface area contributed by atoms with Crippen molar-refractivity contribution in [2.75, 3.05) is 30.3 Å². The van der Waals surface area contributed by atoms with Gasteiger partial charge in [-0.3, -0.25) is 4.79 Å². The Morgan fingerprint density at radius 2 is 1.88 bits per heavy atom. The number of benzene rings is 1. The Morgan fingerprint density at radius 3 is 2.42 bits per heavy atom. The Kier molecular flexibility index (Phi) is 9.28. The molecule has 0 saturated carbocycles. The summed E-state index contributed by atoms with van der Waals surface area (Å²) in [6, 6.07) is 6.23. The van der Waals surface area contributed by atoms with Gasteiger partial charge in [0, 0.05) is 26.1 Å². The summed E-state index contributed by atoms with van der Waals surface area (Å²) in [4.78, 5) is 14.2. The van der Waals surface area contributed by atoms with Gasteiger partial charge in [-0.25, -0.2) is 0 Å². The maximum absolute atomic E-state index is 11.9. The number of hydrogen-bond donors (Lipinski definition) is 2. The smallest absolute Gasteiger partial charge is 0.220 e. The summed E-state index contributed by atoms with van der Waals surface area (Å²) in [6.07, 6.45) is 4.50. The van der Waals surface area contributed by atoms with E-state index in [1.54, 1.807) is 0 Å². The maximum Gasteiger partial charge on any atom is 0.220 e. The largest absolute Gasteiger partial charge is 0.397 e. The Balaban J connectivity index is 2.56. The predicted octanol–water partition coefficient (Wildman–Crippen LogP) is 3.99. The number of carbonyl (C=O) groups excluding carboxylic acids is 1. The first-order chi connectivity index (χ1) is 11.5. The summed E-state index contributed by atoms with van der Waals surface area (Å²) in [5, 5.41) is 2.98. The highest BCUT2D eigenvalue weighted by Crippen LogP contribution is 2.25. The zero-order chi connectivity index (χ0) is 17.9. The van der Waals surface area contributed by atoms with Crippen molar-refractivity contribution < 1.29 is 4.79 Å². The molecule has 0 saturated heterocycles. The van der Waals surface area contributed by atoms with Crippen LogP contribution in [-0.4, -0.2) is 25.5 Å². The number of nitrogens with two attached hydrogens (primary N) is 1. The van der Waals surface area contributed by atoms with Crippen LogP contribution >= 0.6 is 0 Å². The highest BCUT2D eigenvalue weighted by Gasteiger charge is 2.10. The molecule has 0 spiro atoms. The van der Waals surface area contributed by atoms with Crippen LogP contribution in [0.1, 0.15) is 58.9 Å². The molecular weight excluding hydrogens is 298 g/mol. The lowest BCUT2D eigenvalue weighted by molar-refractivity contribution is -0.121. The minimum Gasteiger partial charge on any atom is -0.397 e. The molecule has 3 N–H and O–H groups in total. The van der Waals surface area contributed by atoms with Crippen LogP contribution in [0.3, 0.4) is 0 Å². The van der Waals surface area contributed by atoms with Crippen molar-refractivity contribution in [3.63, 3.8) is 0 Å². The molecule has 0 heterocycles. The van der Waals surface area contributed by atoms with Gasteiger partial charge in [0.25, 0.3) is 0 Å². The summed E-state index contributed by atoms with van der Waals surface area (Å²) < 4.78 is 0. The van der Waals surface area contributed by atoms with Crippen LogP contribution < -0.4 is 16.0 Å². The van der Waals surface area contributed by atoms with Crippen molar-refractivity contribution in [1.29, 1.82) is 0 Å². The number of rotatable bonds is 11. The summed E-state index contributed by atoms with van der Waals surface area (Å²) in [7, 11) is 0. The van der Waals surface area contributed by atoms with Crippen LogP contribution in [0.15, 0.2) is 18.2 Å². The van der Waals surface area contributed by atoms with Crippen LogP contribution in [0.5, 0.6) is 0 Å². The van der Waals surface area contributed by atoms with E-state index in [1.807, 2.05) is 6.07 Å². The summed E-state index contributed by atoms with van der Waals surface area (Å²) >= 11 is 0. The molecule has 0 aliphatic rings. The molecular formula is C20H35N3O. The van der Waals surface area contributed by atoms with E-state index in [2.05, 4.69) is 50.0 Å². The molecule has 24 heavy (non-hydrogen) atoms. The lowest BCUT2D eigenvalue weighted by atomic mass is 10.1. The van der Waals surface area contributed by atoms with E-state index in [-0.39, 0.29) is 5.91 Å². The van der Waals surface area contributed by atoms with Crippen molar-refractivity contribution in [3.05, 3.63) is 23.8 Å². The van der Waals surface area contributed by atoms with Gasteiger partial charge in [0.2, 0.25) is 5.91 Å². The zero-order valence-electron chi connectivity index (χ0n) is 15.9. The Labute approximate surface area is 147 Å². The Morgan fingerprint density at radius 1 is 1.21 bits per heavy atom. The van der Waals surface area contributed by atoms with Crippen molar-refractivity contribution in [2.24, 2.45) is 5.92 Å². The second kappa shape index (κ2) is 11.0. The van der Waals surface area contributed by atoms with E-state index in [1.165, 1.54) is 0 Å². The number of aryl methyl sites for hydroxylation is 1. The van der Waals surface area contributed by atoms with Gasteiger partial charge in [0.1, 0.15) is 0 Å². The van der Waals surface area contributed by atoms with Crippen LogP contribution in [0.4, 0.5) is 11.4 Å². The topological polar surface area (TPSA) is 58.4 Å². The summed E-state index contributed by atoms with van der Waals surface area (Å²) in [6.45, 7) is 11.5. The van der Waals surface area contributed by atoms with Gasteiger partial charge >= 0.3 is 0 Å². The van der Waals surface area contributed by atoms with Crippen molar-refractivity contribution >= 4 is 17.3 Å². The van der Waals surface area contributed by atoms with Crippen molar-refractivity contribution in [3.8, 4) is 0 Å². The molecule has 1 rings (SSSR count). The van der Waals surface area contributed by atoms with Crippen molar-refractivity contribution in [2.45, 2.75) is 59.8 Å². The second-order valence-corrected chi connectivity index (χ2v) is 6.91. The molecule has 1 amide bonds. The van der Waals surface area contributed by atoms with E-state index in [0.29, 0.717) is 12.3 Å². The SMILES string of the molecule is CCCN(CCC)c1ccc(CCC(=O)NCCC(C)C)cc1N. The van der Waals surface area contributed by atoms with Crippen LogP contribution in [0.2, 0.25) is 0 Å². The number of nitrogen functional groups attached to an aromatic ring is 1. The van der Waals surface area contributed by atoms with E-state index < -0.39 is 0 Å². The fourth-order valence-electron chi connectivity index (χ4n) is 2.79. The molecule has 0 bridgehead atoms. The third-order valence-corrected chi connectivity index (χ3v) is 4.10. The molecule has 0 radical (unpaired) electrons. The number of amides is 1. The maximum atomic E-state index is 11.9. The molecule has 1 aromatic rings. The third-order valence-electron chi connectivity index (χ3n) is 4.10. The molecule has 0 aromatic heterocycles. The molecule has 4 nitrogen and oxygen atoms in total. The monoisotopic (exact) mass is 333 g/mol. The van der Waals surface area contributed by atoms with Gasteiger partial charge in [-0.2, -0.15) is 0 Å². The molecule has 0 aliphatic carbocycles. The molecule has 4 heteroatoms. The van der Waals surface area contributed by atoms with Crippen LogP contribution in [0.25, 0.3) is 0 Å². The van der Waals surface area contributed by atoms with Crippen molar-refractivity contribution in [1.82, 2.24) is 5.32 Å². The van der Waals surface area contributed by atoms with Gasteiger partial charge in [0.05, 0.1) is 11.4 Å². The number of carbonyl (C=O) groups is 1. The summed E-state index contributed by atoms with van der Waals surface area (Å²) in [5.74, 6) is 0.740. The fraction of sp³-hybridized carbons (Fsp3) is 0.650. The van der Waals surface area contributed by atoms with Crippen LogP contribution in [0, 0.1) is 5.92 Å². The number of nitrogens with zero attached hydrogens (tertiary/aromatic N) is 1. The molecule has 0 fully saturated rings. The predicted molar refractivity (Wildman–Crippen MR) is 104 cm³/mol. The third kappa shape index (κ3) is 7.24. The van der Waals surface area contributed by atoms with Gasteiger partial charge < -0.3 is 16.0 Å². The van der Waals surface area contributed by atoms with Gasteiger partial charge in [-0.1, -0.05) is 33.8 Å². The standard InChI is InChI=1S/C20H35N3O/c1-5-13-23(14-6-2)19-9-7-17(15-18(19)21)8-10-20(24)22-12-11-16(3)4/h7,9,15-16H,5-6,8,10-14,21H2,1-4H3,(H,22,24). The average Bonchev–Trinajstić information content (AvgIpc) is 2.52. The Hall–Kier alpha value is -1.71. The minimum atomic E-state index is 0.122.